The molecule has 1 aromatic heterocycles. The molecule has 0 aliphatic heterocycles. The number of nitrogens with one attached hydrogen (secondary N) is 1. The molecule has 58 valence electrons. The SMILES string of the molecule is C=Cc1cc(C)[nH]c1/C=C\C. The minimum absolute atomic E-state index is 1.14. The Morgan fingerprint density at radius 3 is 2.82 bits per heavy atom. The van der Waals surface area contributed by atoms with Gasteiger partial charge in [-0.3, -0.25) is 0 Å². The van der Waals surface area contributed by atoms with E-state index in [-0.39, 0.29) is 0 Å². The third-order valence-corrected chi connectivity index (χ3v) is 1.57. The average molecular weight is 147 g/mol. The number of aryl methyl sites for hydroxylation is 1. The monoisotopic (exact) mass is 147 g/mol. The lowest BCUT2D eigenvalue weighted by Gasteiger charge is -1.88. The number of allylic oxidation sites excluding steroid dienone is 1. The van der Waals surface area contributed by atoms with Gasteiger partial charge in [0, 0.05) is 11.4 Å². The van der Waals surface area contributed by atoms with Gasteiger partial charge in [-0.25, -0.2) is 0 Å². The molecule has 0 bridgehead atoms. The first kappa shape index (κ1) is 7.86. The van der Waals surface area contributed by atoms with Crippen LogP contribution in [0, 0.1) is 6.92 Å². The average Bonchev–Trinajstić information content (AvgIpc) is 2.32. The van der Waals surface area contributed by atoms with Crippen LogP contribution >= 0.6 is 0 Å². The summed E-state index contributed by atoms with van der Waals surface area (Å²) in [4.78, 5) is 3.24. The maximum absolute atomic E-state index is 3.73. The van der Waals surface area contributed by atoms with E-state index in [0.29, 0.717) is 0 Å². The summed E-state index contributed by atoms with van der Waals surface area (Å²) in [5, 5.41) is 0. The zero-order valence-corrected chi connectivity index (χ0v) is 7.02. The van der Waals surface area contributed by atoms with Gasteiger partial charge in [0.15, 0.2) is 0 Å². The molecule has 1 aromatic rings. The van der Waals surface area contributed by atoms with E-state index in [1.807, 2.05) is 32.1 Å². The van der Waals surface area contributed by atoms with Crippen molar-refractivity contribution in [2.24, 2.45) is 0 Å². The number of hydrogen-bond donors (Lipinski definition) is 1. The maximum atomic E-state index is 3.73. The van der Waals surface area contributed by atoms with Crippen molar-refractivity contribution in [2.45, 2.75) is 13.8 Å². The third kappa shape index (κ3) is 1.61. The molecule has 1 rings (SSSR count). The minimum Gasteiger partial charge on any atom is -0.359 e. The highest BCUT2D eigenvalue weighted by Crippen LogP contribution is 2.12. The van der Waals surface area contributed by atoms with Crippen molar-refractivity contribution in [1.82, 2.24) is 4.98 Å². The third-order valence-electron chi connectivity index (χ3n) is 1.57. The van der Waals surface area contributed by atoms with Crippen LogP contribution in [0.5, 0.6) is 0 Å². The minimum atomic E-state index is 1.14. The van der Waals surface area contributed by atoms with Gasteiger partial charge in [-0.2, -0.15) is 0 Å². The largest absolute Gasteiger partial charge is 0.359 e. The van der Waals surface area contributed by atoms with Crippen molar-refractivity contribution < 1.29 is 0 Å². The van der Waals surface area contributed by atoms with Crippen molar-refractivity contribution in [3.05, 3.63) is 35.7 Å². The summed E-state index contributed by atoms with van der Waals surface area (Å²) >= 11 is 0. The number of aromatic amines is 1. The van der Waals surface area contributed by atoms with Crippen molar-refractivity contribution in [1.29, 1.82) is 0 Å². The van der Waals surface area contributed by atoms with Crippen molar-refractivity contribution in [3.8, 4) is 0 Å². The summed E-state index contributed by atoms with van der Waals surface area (Å²) in [5.74, 6) is 0. The summed E-state index contributed by atoms with van der Waals surface area (Å²) in [5.41, 5.74) is 3.48. The summed E-state index contributed by atoms with van der Waals surface area (Å²) in [6.07, 6.45) is 5.92. The van der Waals surface area contributed by atoms with E-state index in [1.165, 1.54) is 11.3 Å². The van der Waals surface area contributed by atoms with Crippen LogP contribution < -0.4 is 0 Å². The van der Waals surface area contributed by atoms with Crippen molar-refractivity contribution in [2.75, 3.05) is 0 Å². The molecule has 0 spiro atoms. The van der Waals surface area contributed by atoms with Gasteiger partial charge >= 0.3 is 0 Å². The highest BCUT2D eigenvalue weighted by Gasteiger charge is 1.97. The molecular weight excluding hydrogens is 134 g/mol. The molecule has 0 radical (unpaired) electrons. The molecule has 0 atom stereocenters. The molecule has 0 aliphatic carbocycles. The Hall–Kier alpha value is -1.24. The summed E-state index contributed by atoms with van der Waals surface area (Å²) in [6.45, 7) is 7.78. The lowest BCUT2D eigenvalue weighted by molar-refractivity contribution is 1.25. The Morgan fingerprint density at radius 2 is 2.27 bits per heavy atom. The predicted molar refractivity (Wildman–Crippen MR) is 50.3 cm³/mol. The van der Waals surface area contributed by atoms with Crippen LogP contribution in [0.1, 0.15) is 23.9 Å². The Balaban J connectivity index is 3.11. The van der Waals surface area contributed by atoms with Gasteiger partial charge in [0.2, 0.25) is 0 Å². The second kappa shape index (κ2) is 3.24. The molecular formula is C10H13N. The highest BCUT2D eigenvalue weighted by atomic mass is 14.7. The molecule has 0 saturated heterocycles. The predicted octanol–water partition coefficient (Wildman–Crippen LogP) is 3.00. The second-order valence-corrected chi connectivity index (χ2v) is 2.53. The highest BCUT2D eigenvalue weighted by molar-refractivity contribution is 5.62. The van der Waals surface area contributed by atoms with Crippen LogP contribution in [0.25, 0.3) is 12.2 Å². The van der Waals surface area contributed by atoms with Crippen LogP contribution in [0.3, 0.4) is 0 Å². The molecule has 1 heteroatoms. The van der Waals surface area contributed by atoms with E-state index >= 15 is 0 Å². The summed E-state index contributed by atoms with van der Waals surface area (Å²) in [7, 11) is 0. The Kier molecular flexibility index (Phi) is 2.32. The zero-order chi connectivity index (χ0) is 8.27. The van der Waals surface area contributed by atoms with E-state index in [4.69, 9.17) is 0 Å². The number of aromatic nitrogens is 1. The first-order chi connectivity index (χ1) is 5.27. The van der Waals surface area contributed by atoms with E-state index in [9.17, 15) is 0 Å². The molecule has 1 N–H and O–H groups in total. The normalized spacial score (nSPS) is 10.7. The number of rotatable bonds is 2. The van der Waals surface area contributed by atoms with Gasteiger partial charge in [0.25, 0.3) is 0 Å². The van der Waals surface area contributed by atoms with Crippen LogP contribution in [0.4, 0.5) is 0 Å². The van der Waals surface area contributed by atoms with E-state index < -0.39 is 0 Å². The summed E-state index contributed by atoms with van der Waals surface area (Å²) < 4.78 is 0. The molecule has 0 aromatic carbocycles. The molecule has 1 nitrogen and oxygen atoms in total. The lowest BCUT2D eigenvalue weighted by atomic mass is 10.2. The zero-order valence-electron chi connectivity index (χ0n) is 7.02. The number of hydrogen-bond acceptors (Lipinski definition) is 0. The van der Waals surface area contributed by atoms with Gasteiger partial charge in [-0.15, -0.1) is 0 Å². The van der Waals surface area contributed by atoms with Crippen LogP contribution in [0.15, 0.2) is 18.7 Å². The molecule has 1 heterocycles. The van der Waals surface area contributed by atoms with Crippen molar-refractivity contribution >= 4 is 12.2 Å². The van der Waals surface area contributed by atoms with Gasteiger partial charge in [-0.1, -0.05) is 18.7 Å². The smallest absolute Gasteiger partial charge is 0.0452 e. The molecule has 0 amide bonds. The molecule has 11 heavy (non-hydrogen) atoms. The standard InChI is InChI=1S/C10H13N/c1-4-6-10-9(5-2)7-8(3)11-10/h4-7,11H,2H2,1,3H3/b6-4-. The summed E-state index contributed by atoms with van der Waals surface area (Å²) in [6, 6.07) is 2.09. The fourth-order valence-electron chi connectivity index (χ4n) is 1.11. The molecule has 0 fully saturated rings. The molecule has 0 unspecified atom stereocenters. The fraction of sp³-hybridized carbons (Fsp3) is 0.200. The Bertz CT molecular complexity index is 279. The number of H-pyrrole nitrogens is 1. The van der Waals surface area contributed by atoms with Gasteiger partial charge in [-0.05, 0) is 31.6 Å². The molecule has 0 saturated carbocycles. The quantitative estimate of drug-likeness (QED) is 0.661. The molecule has 0 aliphatic rings. The topological polar surface area (TPSA) is 15.8 Å². The van der Waals surface area contributed by atoms with E-state index in [0.717, 1.165) is 5.69 Å². The lowest BCUT2D eigenvalue weighted by Crippen LogP contribution is -1.73. The van der Waals surface area contributed by atoms with E-state index in [2.05, 4.69) is 17.6 Å². The second-order valence-electron chi connectivity index (χ2n) is 2.53. The first-order valence-corrected chi connectivity index (χ1v) is 3.72. The van der Waals surface area contributed by atoms with Crippen molar-refractivity contribution in [3.63, 3.8) is 0 Å². The first-order valence-electron chi connectivity index (χ1n) is 3.72. The van der Waals surface area contributed by atoms with Crippen LogP contribution in [-0.4, -0.2) is 4.98 Å². The Morgan fingerprint density at radius 1 is 1.55 bits per heavy atom. The fourth-order valence-corrected chi connectivity index (χ4v) is 1.11. The van der Waals surface area contributed by atoms with Crippen LogP contribution in [0.2, 0.25) is 0 Å². The maximum Gasteiger partial charge on any atom is 0.0452 e. The van der Waals surface area contributed by atoms with Crippen LogP contribution in [-0.2, 0) is 0 Å². The Labute approximate surface area is 67.5 Å². The van der Waals surface area contributed by atoms with E-state index in [1.54, 1.807) is 0 Å². The van der Waals surface area contributed by atoms with Gasteiger partial charge in [0.1, 0.15) is 0 Å². The van der Waals surface area contributed by atoms with Gasteiger partial charge < -0.3 is 4.98 Å². The van der Waals surface area contributed by atoms with Gasteiger partial charge in [0.05, 0.1) is 0 Å².